The normalized spacial score (nSPS) is 14.9. The van der Waals surface area contributed by atoms with Crippen molar-refractivity contribution in [2.24, 2.45) is 0 Å². The number of benzene rings is 2. The van der Waals surface area contributed by atoms with Crippen LogP contribution in [0.2, 0.25) is 5.02 Å². The molecule has 1 aromatic heterocycles. The van der Waals surface area contributed by atoms with E-state index >= 15 is 0 Å². The van der Waals surface area contributed by atoms with Crippen LogP contribution in [0, 0.1) is 6.92 Å². The fraction of sp³-hybridized carbons (Fsp3) is 0.346. The Morgan fingerprint density at radius 1 is 1.03 bits per heavy atom. The van der Waals surface area contributed by atoms with Gasteiger partial charge in [-0.1, -0.05) is 30.5 Å². The van der Waals surface area contributed by atoms with E-state index in [0.29, 0.717) is 40.2 Å². The van der Waals surface area contributed by atoms with Crippen molar-refractivity contribution in [2.45, 2.75) is 38.0 Å². The SMILES string of the molecule is COc1ccc(C2(CNC(=O)c3cc(-c4ccc(Cl)cc4)oc3C)CCCC2)cc1OC. The molecule has 1 aliphatic carbocycles. The lowest BCUT2D eigenvalue weighted by molar-refractivity contribution is 0.0941. The van der Waals surface area contributed by atoms with Gasteiger partial charge in [-0.15, -0.1) is 0 Å². The summed E-state index contributed by atoms with van der Waals surface area (Å²) in [5.41, 5.74) is 2.48. The number of hydrogen-bond acceptors (Lipinski definition) is 4. The summed E-state index contributed by atoms with van der Waals surface area (Å²) in [7, 11) is 3.28. The van der Waals surface area contributed by atoms with Gasteiger partial charge < -0.3 is 19.2 Å². The maximum atomic E-state index is 13.1. The van der Waals surface area contributed by atoms with E-state index in [-0.39, 0.29) is 11.3 Å². The van der Waals surface area contributed by atoms with Gasteiger partial charge >= 0.3 is 0 Å². The molecule has 6 heteroatoms. The second-order valence-corrected chi connectivity index (χ2v) is 8.76. The van der Waals surface area contributed by atoms with Crippen LogP contribution in [0.25, 0.3) is 11.3 Å². The van der Waals surface area contributed by atoms with E-state index in [1.807, 2.05) is 43.3 Å². The molecule has 1 heterocycles. The van der Waals surface area contributed by atoms with Crippen LogP contribution >= 0.6 is 11.6 Å². The second-order valence-electron chi connectivity index (χ2n) is 8.33. The highest BCUT2D eigenvalue weighted by molar-refractivity contribution is 6.30. The lowest BCUT2D eigenvalue weighted by Crippen LogP contribution is -2.39. The number of methoxy groups -OCH3 is 2. The highest BCUT2D eigenvalue weighted by atomic mass is 35.5. The number of ether oxygens (including phenoxy) is 2. The van der Waals surface area contributed by atoms with Crippen LogP contribution in [0.4, 0.5) is 0 Å². The number of hydrogen-bond donors (Lipinski definition) is 1. The van der Waals surface area contributed by atoms with Crippen LogP contribution in [0.1, 0.15) is 47.4 Å². The number of aryl methyl sites for hydroxylation is 1. The molecule has 1 N–H and O–H groups in total. The van der Waals surface area contributed by atoms with Crippen molar-refractivity contribution >= 4 is 17.5 Å². The van der Waals surface area contributed by atoms with Crippen molar-refractivity contribution in [3.63, 3.8) is 0 Å². The van der Waals surface area contributed by atoms with Crippen LogP contribution < -0.4 is 14.8 Å². The number of nitrogens with one attached hydrogen (secondary N) is 1. The smallest absolute Gasteiger partial charge is 0.254 e. The van der Waals surface area contributed by atoms with Gasteiger partial charge in [0, 0.05) is 22.5 Å². The number of furan rings is 1. The minimum absolute atomic E-state index is 0.119. The molecule has 5 nitrogen and oxygen atoms in total. The second kappa shape index (κ2) is 9.29. The Labute approximate surface area is 193 Å². The van der Waals surface area contributed by atoms with Gasteiger partial charge in [-0.3, -0.25) is 4.79 Å². The molecule has 0 saturated heterocycles. The van der Waals surface area contributed by atoms with Crippen molar-refractivity contribution in [1.29, 1.82) is 0 Å². The number of rotatable bonds is 7. The third kappa shape index (κ3) is 4.35. The van der Waals surface area contributed by atoms with Gasteiger partial charge in [0.25, 0.3) is 5.91 Å². The predicted molar refractivity (Wildman–Crippen MR) is 126 cm³/mol. The molecule has 1 amide bonds. The van der Waals surface area contributed by atoms with Gasteiger partial charge in [0.2, 0.25) is 0 Å². The van der Waals surface area contributed by atoms with Crippen molar-refractivity contribution in [3.05, 3.63) is 70.4 Å². The fourth-order valence-corrected chi connectivity index (χ4v) is 4.72. The molecule has 0 spiro atoms. The average Bonchev–Trinajstić information content (AvgIpc) is 3.45. The lowest BCUT2D eigenvalue weighted by atomic mass is 9.78. The fourth-order valence-electron chi connectivity index (χ4n) is 4.59. The molecule has 1 aliphatic rings. The molecule has 32 heavy (non-hydrogen) atoms. The third-order valence-corrected chi connectivity index (χ3v) is 6.69. The van der Waals surface area contributed by atoms with Crippen LogP contribution in [0.15, 0.2) is 52.9 Å². The molecule has 0 radical (unpaired) electrons. The highest BCUT2D eigenvalue weighted by Crippen LogP contribution is 2.43. The van der Waals surface area contributed by atoms with E-state index in [1.165, 1.54) is 5.56 Å². The summed E-state index contributed by atoms with van der Waals surface area (Å²) in [6.07, 6.45) is 4.30. The van der Waals surface area contributed by atoms with Crippen molar-refractivity contribution < 1.29 is 18.7 Å². The monoisotopic (exact) mass is 453 g/mol. The van der Waals surface area contributed by atoms with E-state index < -0.39 is 0 Å². The van der Waals surface area contributed by atoms with E-state index in [0.717, 1.165) is 31.2 Å². The molecule has 0 atom stereocenters. The zero-order valence-electron chi connectivity index (χ0n) is 18.7. The predicted octanol–water partition coefficient (Wildman–Crippen LogP) is 6.17. The maximum Gasteiger partial charge on any atom is 0.254 e. The summed E-state index contributed by atoms with van der Waals surface area (Å²) >= 11 is 5.98. The van der Waals surface area contributed by atoms with Gasteiger partial charge in [-0.05, 0) is 67.8 Å². The number of carbonyl (C=O) groups is 1. The van der Waals surface area contributed by atoms with E-state index in [9.17, 15) is 4.79 Å². The van der Waals surface area contributed by atoms with Gasteiger partial charge in [-0.2, -0.15) is 0 Å². The first-order valence-electron chi connectivity index (χ1n) is 10.8. The Hall–Kier alpha value is -2.92. The van der Waals surface area contributed by atoms with Crippen molar-refractivity contribution in [1.82, 2.24) is 5.32 Å². The third-order valence-electron chi connectivity index (χ3n) is 6.44. The van der Waals surface area contributed by atoms with Gasteiger partial charge in [0.1, 0.15) is 11.5 Å². The first-order valence-corrected chi connectivity index (χ1v) is 11.2. The Morgan fingerprint density at radius 2 is 1.72 bits per heavy atom. The molecule has 3 aromatic rings. The summed E-state index contributed by atoms with van der Waals surface area (Å²) in [5, 5.41) is 3.83. The molecular formula is C26H28ClNO4. The first-order chi connectivity index (χ1) is 15.5. The zero-order chi connectivity index (χ0) is 22.7. The number of carbonyl (C=O) groups excluding carboxylic acids is 1. The van der Waals surface area contributed by atoms with Gasteiger partial charge in [-0.25, -0.2) is 0 Å². The highest BCUT2D eigenvalue weighted by Gasteiger charge is 2.37. The number of halogens is 1. The Kier molecular flexibility index (Phi) is 6.47. The van der Waals surface area contributed by atoms with E-state index in [4.69, 9.17) is 25.5 Å². The zero-order valence-corrected chi connectivity index (χ0v) is 19.4. The molecule has 0 aliphatic heterocycles. The van der Waals surface area contributed by atoms with Gasteiger partial charge in [0.15, 0.2) is 11.5 Å². The van der Waals surface area contributed by atoms with Crippen LogP contribution in [-0.4, -0.2) is 26.7 Å². The number of amides is 1. The summed E-state index contributed by atoms with van der Waals surface area (Å²) < 4.78 is 16.8. The van der Waals surface area contributed by atoms with E-state index in [2.05, 4.69) is 11.4 Å². The van der Waals surface area contributed by atoms with Crippen molar-refractivity contribution in [3.8, 4) is 22.8 Å². The quantitative estimate of drug-likeness (QED) is 0.464. The van der Waals surface area contributed by atoms with Crippen molar-refractivity contribution in [2.75, 3.05) is 20.8 Å². The minimum Gasteiger partial charge on any atom is -0.493 e. The summed E-state index contributed by atoms with van der Waals surface area (Å²) in [6.45, 7) is 2.37. The molecule has 168 valence electrons. The van der Waals surface area contributed by atoms with Crippen LogP contribution in [0.3, 0.4) is 0 Å². The molecule has 0 unspecified atom stereocenters. The molecule has 1 fully saturated rings. The van der Waals surface area contributed by atoms with Crippen LogP contribution in [-0.2, 0) is 5.41 Å². The summed E-state index contributed by atoms with van der Waals surface area (Å²) in [5.74, 6) is 2.54. The van der Waals surface area contributed by atoms with Crippen LogP contribution in [0.5, 0.6) is 11.5 Å². The minimum atomic E-state index is -0.127. The molecule has 0 bridgehead atoms. The topological polar surface area (TPSA) is 60.7 Å². The Balaban J connectivity index is 1.54. The molecule has 2 aromatic carbocycles. The van der Waals surface area contributed by atoms with E-state index in [1.54, 1.807) is 20.3 Å². The van der Waals surface area contributed by atoms with Gasteiger partial charge in [0.05, 0.1) is 19.8 Å². The standard InChI is InChI=1S/C26H28ClNO4/c1-17-21(15-23(32-17)18-6-9-20(27)10-7-18)25(29)28-16-26(12-4-5-13-26)19-8-11-22(30-2)24(14-19)31-3/h6-11,14-15H,4-5,12-13,16H2,1-3H3,(H,28,29). The Bertz CT molecular complexity index is 1100. The summed E-state index contributed by atoms with van der Waals surface area (Å²) in [4.78, 5) is 13.1. The lowest BCUT2D eigenvalue weighted by Gasteiger charge is -2.30. The largest absolute Gasteiger partial charge is 0.493 e. The maximum absolute atomic E-state index is 13.1. The molecule has 4 rings (SSSR count). The first kappa shape index (κ1) is 22.3. The molecule has 1 saturated carbocycles. The average molecular weight is 454 g/mol. The summed E-state index contributed by atoms with van der Waals surface area (Å²) in [6, 6.07) is 15.2. The molecular weight excluding hydrogens is 426 g/mol. The Morgan fingerprint density at radius 3 is 2.38 bits per heavy atom.